The molecule has 1 aliphatic heterocycles. The molecule has 1 aromatic heterocycles. The maximum Gasteiger partial charge on any atom is 0.340 e. The summed E-state index contributed by atoms with van der Waals surface area (Å²) in [6.07, 6.45) is 1.81. The minimum absolute atomic E-state index is 0.192. The Kier molecular flexibility index (Phi) is 6.20. The summed E-state index contributed by atoms with van der Waals surface area (Å²) in [5, 5.41) is 1.91. The standard InChI is InChI=1S/C20H21NO4S/c1-15-4-2-5-16(12-15)13-17(18-6-3-11-26-18)20(23)25-14-19(22)21-7-9-24-10-8-21/h2-6,11-13H,7-10,14H2,1H3/b17-13+. The molecular weight excluding hydrogens is 350 g/mol. The van der Waals surface area contributed by atoms with Gasteiger partial charge in [-0.2, -0.15) is 0 Å². The van der Waals surface area contributed by atoms with Crippen LogP contribution in [0, 0.1) is 6.92 Å². The van der Waals surface area contributed by atoms with Crippen molar-refractivity contribution in [1.29, 1.82) is 0 Å². The van der Waals surface area contributed by atoms with E-state index in [1.807, 2.05) is 48.7 Å². The fourth-order valence-electron chi connectivity index (χ4n) is 2.70. The first kappa shape index (κ1) is 18.4. The lowest BCUT2D eigenvalue weighted by molar-refractivity contribution is -0.149. The maximum atomic E-state index is 12.6. The van der Waals surface area contributed by atoms with E-state index >= 15 is 0 Å². The van der Waals surface area contributed by atoms with E-state index in [0.29, 0.717) is 31.9 Å². The highest BCUT2D eigenvalue weighted by atomic mass is 32.1. The Labute approximate surface area is 156 Å². The van der Waals surface area contributed by atoms with Gasteiger partial charge in [-0.25, -0.2) is 4.79 Å². The molecule has 26 heavy (non-hydrogen) atoms. The van der Waals surface area contributed by atoms with Crippen molar-refractivity contribution in [2.75, 3.05) is 32.9 Å². The van der Waals surface area contributed by atoms with Crippen LogP contribution in [0.25, 0.3) is 11.6 Å². The molecule has 0 aliphatic carbocycles. The normalized spacial score (nSPS) is 15.0. The van der Waals surface area contributed by atoms with E-state index in [-0.39, 0.29) is 12.5 Å². The molecule has 0 unspecified atom stereocenters. The van der Waals surface area contributed by atoms with Crippen molar-refractivity contribution in [3.8, 4) is 0 Å². The smallest absolute Gasteiger partial charge is 0.340 e. The fraction of sp³-hybridized carbons (Fsp3) is 0.300. The van der Waals surface area contributed by atoms with E-state index in [1.165, 1.54) is 11.3 Å². The van der Waals surface area contributed by atoms with Crippen molar-refractivity contribution in [3.05, 3.63) is 57.8 Å². The third-order valence-corrected chi connectivity index (χ3v) is 4.95. The van der Waals surface area contributed by atoms with Crippen LogP contribution in [0.5, 0.6) is 0 Å². The molecule has 1 fully saturated rings. The number of amides is 1. The van der Waals surface area contributed by atoms with Gasteiger partial charge in [-0.05, 0) is 30.0 Å². The van der Waals surface area contributed by atoms with E-state index in [1.54, 1.807) is 11.0 Å². The van der Waals surface area contributed by atoms with Crippen molar-refractivity contribution in [1.82, 2.24) is 4.90 Å². The Bertz CT molecular complexity index is 792. The summed E-state index contributed by atoms with van der Waals surface area (Å²) in [6.45, 7) is 3.86. The van der Waals surface area contributed by atoms with Gasteiger partial charge in [-0.1, -0.05) is 35.9 Å². The number of aryl methyl sites for hydroxylation is 1. The average Bonchev–Trinajstić information content (AvgIpc) is 3.19. The van der Waals surface area contributed by atoms with Crippen LogP contribution >= 0.6 is 11.3 Å². The molecule has 6 heteroatoms. The summed E-state index contributed by atoms with van der Waals surface area (Å²) in [4.78, 5) is 27.3. The Balaban J connectivity index is 1.72. The third kappa shape index (κ3) is 4.80. The molecule has 0 N–H and O–H groups in total. The van der Waals surface area contributed by atoms with Crippen LogP contribution in [0.15, 0.2) is 41.8 Å². The van der Waals surface area contributed by atoms with E-state index in [2.05, 4.69) is 0 Å². The molecule has 0 radical (unpaired) electrons. The Morgan fingerprint density at radius 3 is 2.73 bits per heavy atom. The molecular formula is C20H21NO4S. The second-order valence-electron chi connectivity index (χ2n) is 6.02. The van der Waals surface area contributed by atoms with Crippen molar-refractivity contribution in [2.24, 2.45) is 0 Å². The van der Waals surface area contributed by atoms with Gasteiger partial charge < -0.3 is 14.4 Å². The van der Waals surface area contributed by atoms with E-state index in [4.69, 9.17) is 9.47 Å². The van der Waals surface area contributed by atoms with Crippen molar-refractivity contribution in [2.45, 2.75) is 6.92 Å². The second kappa shape index (κ2) is 8.78. The first-order valence-corrected chi connectivity index (χ1v) is 9.36. The average molecular weight is 371 g/mol. The third-order valence-electron chi connectivity index (χ3n) is 4.05. The number of benzene rings is 1. The molecule has 2 aromatic rings. The molecule has 0 atom stereocenters. The quantitative estimate of drug-likeness (QED) is 0.599. The lowest BCUT2D eigenvalue weighted by Gasteiger charge is -2.26. The summed E-state index contributed by atoms with van der Waals surface area (Å²) in [6, 6.07) is 11.6. The van der Waals surface area contributed by atoms with Gasteiger partial charge in [0, 0.05) is 18.0 Å². The van der Waals surface area contributed by atoms with Crippen LogP contribution < -0.4 is 0 Å². The topological polar surface area (TPSA) is 55.8 Å². The predicted molar refractivity (Wildman–Crippen MR) is 102 cm³/mol. The van der Waals surface area contributed by atoms with Crippen molar-refractivity contribution in [3.63, 3.8) is 0 Å². The minimum atomic E-state index is -0.490. The van der Waals surface area contributed by atoms with Gasteiger partial charge in [-0.3, -0.25) is 4.79 Å². The van der Waals surface area contributed by atoms with Crippen LogP contribution in [0.1, 0.15) is 16.0 Å². The zero-order chi connectivity index (χ0) is 18.4. The van der Waals surface area contributed by atoms with Gasteiger partial charge in [0.1, 0.15) is 0 Å². The van der Waals surface area contributed by atoms with Crippen LogP contribution in [0.4, 0.5) is 0 Å². The van der Waals surface area contributed by atoms with Crippen LogP contribution in [0.3, 0.4) is 0 Å². The molecule has 136 valence electrons. The number of rotatable bonds is 5. The fourth-order valence-corrected chi connectivity index (χ4v) is 3.43. The number of carbonyl (C=O) groups is 2. The number of thiophene rings is 1. The molecule has 0 spiro atoms. The highest BCUT2D eigenvalue weighted by Gasteiger charge is 2.20. The van der Waals surface area contributed by atoms with E-state index in [9.17, 15) is 9.59 Å². The molecule has 0 bridgehead atoms. The summed E-state index contributed by atoms with van der Waals surface area (Å²) in [5.41, 5.74) is 2.49. The van der Waals surface area contributed by atoms with E-state index < -0.39 is 5.97 Å². The number of ether oxygens (including phenoxy) is 2. The lowest BCUT2D eigenvalue weighted by atomic mass is 10.1. The van der Waals surface area contributed by atoms with Crippen molar-refractivity contribution < 1.29 is 19.1 Å². The lowest BCUT2D eigenvalue weighted by Crippen LogP contribution is -2.42. The summed E-state index contributed by atoms with van der Waals surface area (Å²) in [5.74, 6) is -0.682. The molecule has 2 heterocycles. The highest BCUT2D eigenvalue weighted by Crippen LogP contribution is 2.24. The Morgan fingerprint density at radius 2 is 2.04 bits per heavy atom. The number of carbonyl (C=O) groups excluding carboxylic acids is 2. The first-order valence-electron chi connectivity index (χ1n) is 8.48. The maximum absolute atomic E-state index is 12.6. The van der Waals surface area contributed by atoms with Crippen LogP contribution in [0.2, 0.25) is 0 Å². The van der Waals surface area contributed by atoms with Gasteiger partial charge in [0.2, 0.25) is 0 Å². The number of esters is 1. The molecule has 1 aliphatic rings. The van der Waals surface area contributed by atoms with Crippen molar-refractivity contribution >= 4 is 34.9 Å². The van der Waals surface area contributed by atoms with Crippen LogP contribution in [-0.2, 0) is 19.1 Å². The Morgan fingerprint density at radius 1 is 1.23 bits per heavy atom. The van der Waals surface area contributed by atoms with Crippen LogP contribution in [-0.4, -0.2) is 49.7 Å². The Hall–Kier alpha value is -2.44. The summed E-state index contributed by atoms with van der Waals surface area (Å²) in [7, 11) is 0. The minimum Gasteiger partial charge on any atom is -0.452 e. The molecule has 0 saturated carbocycles. The molecule has 1 saturated heterocycles. The monoisotopic (exact) mass is 371 g/mol. The predicted octanol–water partition coefficient (Wildman–Crippen LogP) is 3.00. The zero-order valence-electron chi connectivity index (χ0n) is 14.6. The molecule has 3 rings (SSSR count). The first-order chi connectivity index (χ1) is 12.6. The van der Waals surface area contributed by atoms with Gasteiger partial charge in [-0.15, -0.1) is 11.3 Å². The second-order valence-corrected chi connectivity index (χ2v) is 6.97. The largest absolute Gasteiger partial charge is 0.452 e. The molecule has 1 amide bonds. The number of hydrogen-bond acceptors (Lipinski definition) is 5. The number of morpholine rings is 1. The molecule has 1 aromatic carbocycles. The van der Waals surface area contributed by atoms with E-state index in [0.717, 1.165) is 16.0 Å². The summed E-state index contributed by atoms with van der Waals surface area (Å²) >= 11 is 1.46. The van der Waals surface area contributed by atoms with Gasteiger partial charge in [0.15, 0.2) is 6.61 Å². The summed E-state index contributed by atoms with van der Waals surface area (Å²) < 4.78 is 10.5. The van der Waals surface area contributed by atoms with Gasteiger partial charge in [0.25, 0.3) is 5.91 Å². The number of nitrogens with zero attached hydrogens (tertiary/aromatic N) is 1. The van der Waals surface area contributed by atoms with Gasteiger partial charge >= 0.3 is 5.97 Å². The number of hydrogen-bond donors (Lipinski definition) is 0. The highest BCUT2D eigenvalue weighted by molar-refractivity contribution is 7.11. The van der Waals surface area contributed by atoms with Gasteiger partial charge in [0.05, 0.1) is 18.8 Å². The molecule has 5 nitrogen and oxygen atoms in total. The SMILES string of the molecule is Cc1cccc(/C=C(/C(=O)OCC(=O)N2CCOCC2)c2cccs2)c1. The zero-order valence-corrected chi connectivity index (χ0v) is 15.5.